The van der Waals surface area contributed by atoms with Gasteiger partial charge in [0.1, 0.15) is 0 Å². The maximum absolute atomic E-state index is 12.0. The Kier molecular flexibility index (Phi) is 5.44. The molecule has 4 nitrogen and oxygen atoms in total. The third-order valence-electron chi connectivity index (χ3n) is 2.81. The van der Waals surface area contributed by atoms with Gasteiger partial charge < -0.3 is 15.7 Å². The first-order valence-electron chi connectivity index (χ1n) is 6.28. The van der Waals surface area contributed by atoms with Gasteiger partial charge in [-0.25, -0.2) is 4.79 Å². The lowest BCUT2D eigenvalue weighted by Crippen LogP contribution is -2.34. The van der Waals surface area contributed by atoms with Gasteiger partial charge in [0.05, 0.1) is 12.6 Å². The molecule has 2 aromatic rings. The SMILES string of the molecule is O=C(Nc1cc(Cl)cc(Cl)c1)N[C@H](CO)c1ccccc1. The number of anilines is 1. The number of nitrogens with one attached hydrogen (secondary N) is 2. The second kappa shape index (κ2) is 7.31. The van der Waals surface area contributed by atoms with Gasteiger partial charge in [-0.15, -0.1) is 0 Å². The molecule has 0 aliphatic heterocycles. The fourth-order valence-electron chi connectivity index (χ4n) is 1.87. The van der Waals surface area contributed by atoms with Crippen LogP contribution in [0.2, 0.25) is 10.0 Å². The Morgan fingerprint density at radius 1 is 1.10 bits per heavy atom. The van der Waals surface area contributed by atoms with Gasteiger partial charge >= 0.3 is 6.03 Å². The number of benzene rings is 2. The number of carbonyl (C=O) groups is 1. The molecule has 0 heterocycles. The second-order valence-electron chi connectivity index (χ2n) is 4.40. The highest BCUT2D eigenvalue weighted by Gasteiger charge is 2.13. The first-order valence-corrected chi connectivity index (χ1v) is 7.03. The molecule has 2 amide bonds. The van der Waals surface area contributed by atoms with Crippen LogP contribution in [0.4, 0.5) is 10.5 Å². The molecule has 6 heteroatoms. The minimum Gasteiger partial charge on any atom is -0.394 e. The Hall–Kier alpha value is -1.75. The summed E-state index contributed by atoms with van der Waals surface area (Å²) in [5.74, 6) is 0. The van der Waals surface area contributed by atoms with Gasteiger partial charge in [0, 0.05) is 15.7 Å². The molecule has 0 aliphatic carbocycles. The predicted octanol–water partition coefficient (Wildman–Crippen LogP) is 3.85. The zero-order valence-corrected chi connectivity index (χ0v) is 12.5. The van der Waals surface area contributed by atoms with E-state index >= 15 is 0 Å². The van der Waals surface area contributed by atoms with Gasteiger partial charge in [0.2, 0.25) is 0 Å². The van der Waals surface area contributed by atoms with E-state index in [9.17, 15) is 9.90 Å². The van der Waals surface area contributed by atoms with E-state index in [1.807, 2.05) is 30.3 Å². The van der Waals surface area contributed by atoms with Gasteiger partial charge in [-0.1, -0.05) is 53.5 Å². The molecule has 0 saturated carbocycles. The van der Waals surface area contributed by atoms with E-state index in [4.69, 9.17) is 23.2 Å². The predicted molar refractivity (Wildman–Crippen MR) is 84.9 cm³/mol. The summed E-state index contributed by atoms with van der Waals surface area (Å²) in [7, 11) is 0. The minimum atomic E-state index is -0.485. The normalized spacial score (nSPS) is 11.8. The average Bonchev–Trinajstić information content (AvgIpc) is 2.44. The molecule has 0 aromatic heterocycles. The van der Waals surface area contributed by atoms with Crippen molar-refractivity contribution in [1.82, 2.24) is 5.32 Å². The van der Waals surface area contributed by atoms with Crippen molar-refractivity contribution in [2.45, 2.75) is 6.04 Å². The molecule has 0 bridgehead atoms. The lowest BCUT2D eigenvalue weighted by Gasteiger charge is -2.17. The van der Waals surface area contributed by atoms with Crippen LogP contribution in [-0.4, -0.2) is 17.7 Å². The summed E-state index contributed by atoms with van der Waals surface area (Å²) in [6.45, 7) is -0.201. The van der Waals surface area contributed by atoms with Crippen molar-refractivity contribution in [1.29, 1.82) is 0 Å². The van der Waals surface area contributed by atoms with Crippen LogP contribution >= 0.6 is 23.2 Å². The Bertz CT molecular complexity index is 600. The number of aliphatic hydroxyl groups excluding tert-OH is 1. The van der Waals surface area contributed by atoms with E-state index in [0.29, 0.717) is 15.7 Å². The van der Waals surface area contributed by atoms with Crippen molar-refractivity contribution >= 4 is 34.9 Å². The van der Waals surface area contributed by atoms with Crippen molar-refractivity contribution in [3.63, 3.8) is 0 Å². The van der Waals surface area contributed by atoms with E-state index in [2.05, 4.69) is 10.6 Å². The van der Waals surface area contributed by atoms with Crippen molar-refractivity contribution in [2.24, 2.45) is 0 Å². The van der Waals surface area contributed by atoms with Crippen LogP contribution in [0.3, 0.4) is 0 Å². The van der Waals surface area contributed by atoms with Crippen LogP contribution in [0.25, 0.3) is 0 Å². The van der Waals surface area contributed by atoms with E-state index < -0.39 is 12.1 Å². The summed E-state index contributed by atoms with van der Waals surface area (Å²) in [6.07, 6.45) is 0. The van der Waals surface area contributed by atoms with Gasteiger partial charge in [-0.3, -0.25) is 0 Å². The Labute approximate surface area is 132 Å². The quantitative estimate of drug-likeness (QED) is 0.800. The topological polar surface area (TPSA) is 61.4 Å². The van der Waals surface area contributed by atoms with Crippen molar-refractivity contribution in [3.05, 3.63) is 64.1 Å². The summed E-state index contributed by atoms with van der Waals surface area (Å²) in [5, 5.41) is 15.6. The molecule has 2 rings (SSSR count). The van der Waals surface area contributed by atoms with Crippen LogP contribution in [0.5, 0.6) is 0 Å². The number of halogens is 2. The maximum Gasteiger partial charge on any atom is 0.319 e. The van der Waals surface area contributed by atoms with Crippen LogP contribution in [-0.2, 0) is 0 Å². The first-order chi connectivity index (χ1) is 10.1. The number of urea groups is 1. The minimum absolute atomic E-state index is 0.201. The smallest absolute Gasteiger partial charge is 0.319 e. The van der Waals surface area contributed by atoms with Crippen LogP contribution < -0.4 is 10.6 Å². The molecule has 0 spiro atoms. The van der Waals surface area contributed by atoms with Crippen LogP contribution in [0, 0.1) is 0 Å². The van der Waals surface area contributed by atoms with E-state index in [1.54, 1.807) is 18.2 Å². The molecular weight excluding hydrogens is 311 g/mol. The molecule has 1 atom stereocenters. The largest absolute Gasteiger partial charge is 0.394 e. The van der Waals surface area contributed by atoms with Crippen LogP contribution in [0.15, 0.2) is 48.5 Å². The molecule has 3 N–H and O–H groups in total. The lowest BCUT2D eigenvalue weighted by atomic mass is 10.1. The summed E-state index contributed by atoms with van der Waals surface area (Å²) in [4.78, 5) is 12.0. The summed E-state index contributed by atoms with van der Waals surface area (Å²) in [6, 6.07) is 13.0. The molecular formula is C15H14Cl2N2O2. The third-order valence-corrected chi connectivity index (χ3v) is 3.25. The molecule has 21 heavy (non-hydrogen) atoms. The maximum atomic E-state index is 12.0. The average molecular weight is 325 g/mol. The molecule has 0 unspecified atom stereocenters. The standard InChI is InChI=1S/C15H14Cl2N2O2/c16-11-6-12(17)8-13(7-11)18-15(21)19-14(9-20)10-4-2-1-3-5-10/h1-8,14,20H,9H2,(H2,18,19,21)/t14-/m1/s1. The van der Waals surface area contributed by atoms with Gasteiger partial charge in [0.25, 0.3) is 0 Å². The van der Waals surface area contributed by atoms with Gasteiger partial charge in [-0.05, 0) is 23.8 Å². The molecule has 0 fully saturated rings. The molecule has 110 valence electrons. The molecule has 0 radical (unpaired) electrons. The van der Waals surface area contributed by atoms with Gasteiger partial charge in [-0.2, -0.15) is 0 Å². The Balaban J connectivity index is 2.03. The van der Waals surface area contributed by atoms with E-state index in [0.717, 1.165) is 5.56 Å². The first kappa shape index (κ1) is 15.6. The highest BCUT2D eigenvalue weighted by molar-refractivity contribution is 6.35. The second-order valence-corrected chi connectivity index (χ2v) is 5.28. The Morgan fingerprint density at radius 3 is 2.29 bits per heavy atom. The highest BCUT2D eigenvalue weighted by Crippen LogP contribution is 2.22. The fraction of sp³-hybridized carbons (Fsp3) is 0.133. The monoisotopic (exact) mass is 324 g/mol. The molecule has 2 aromatic carbocycles. The van der Waals surface area contributed by atoms with E-state index in [-0.39, 0.29) is 6.61 Å². The number of carbonyl (C=O) groups excluding carboxylic acids is 1. The van der Waals surface area contributed by atoms with Crippen molar-refractivity contribution in [2.75, 3.05) is 11.9 Å². The number of amides is 2. The van der Waals surface area contributed by atoms with Crippen molar-refractivity contribution < 1.29 is 9.90 Å². The third kappa shape index (κ3) is 4.63. The summed E-state index contributed by atoms with van der Waals surface area (Å²) >= 11 is 11.7. The van der Waals surface area contributed by atoms with Gasteiger partial charge in [0.15, 0.2) is 0 Å². The number of aliphatic hydroxyl groups is 1. The molecule has 0 saturated heterocycles. The Morgan fingerprint density at radius 2 is 1.71 bits per heavy atom. The lowest BCUT2D eigenvalue weighted by molar-refractivity contribution is 0.225. The summed E-state index contributed by atoms with van der Waals surface area (Å²) in [5.41, 5.74) is 1.30. The number of rotatable bonds is 4. The van der Waals surface area contributed by atoms with E-state index in [1.165, 1.54) is 0 Å². The van der Waals surface area contributed by atoms with Crippen molar-refractivity contribution in [3.8, 4) is 0 Å². The zero-order chi connectivity index (χ0) is 15.2. The highest BCUT2D eigenvalue weighted by atomic mass is 35.5. The summed E-state index contributed by atoms with van der Waals surface area (Å²) < 4.78 is 0. The zero-order valence-electron chi connectivity index (χ0n) is 11.0. The number of hydrogen-bond donors (Lipinski definition) is 3. The molecule has 0 aliphatic rings. The fourth-order valence-corrected chi connectivity index (χ4v) is 2.40. The van der Waals surface area contributed by atoms with Crippen LogP contribution in [0.1, 0.15) is 11.6 Å². The number of hydrogen-bond acceptors (Lipinski definition) is 2.